The summed E-state index contributed by atoms with van der Waals surface area (Å²) in [6.07, 6.45) is 1.02. The van der Waals surface area contributed by atoms with Crippen molar-refractivity contribution in [1.29, 1.82) is 0 Å². The minimum atomic E-state index is -3.45. The van der Waals surface area contributed by atoms with E-state index in [1.807, 2.05) is 13.8 Å². The number of hydrogen-bond acceptors (Lipinski definition) is 7. The molecule has 2 aromatic heterocycles. The molecule has 0 fully saturated rings. The highest BCUT2D eigenvalue weighted by Crippen LogP contribution is 2.25. The molecule has 3 aromatic rings. The van der Waals surface area contributed by atoms with Crippen molar-refractivity contribution >= 4 is 43.2 Å². The van der Waals surface area contributed by atoms with Gasteiger partial charge in [-0.05, 0) is 37.6 Å². The maximum absolute atomic E-state index is 12.2. The van der Waals surface area contributed by atoms with Gasteiger partial charge in [-0.2, -0.15) is 0 Å². The second kappa shape index (κ2) is 7.12. The third kappa shape index (κ3) is 4.34. The maximum Gasteiger partial charge on any atom is 0.338 e. The van der Waals surface area contributed by atoms with E-state index in [0.29, 0.717) is 10.2 Å². The molecule has 0 amide bonds. The first-order chi connectivity index (χ1) is 12.6. The van der Waals surface area contributed by atoms with Gasteiger partial charge in [-0.25, -0.2) is 18.2 Å². The van der Waals surface area contributed by atoms with Crippen LogP contribution in [0.2, 0.25) is 0 Å². The molecular formula is C17H17N3O5S2. The zero-order chi connectivity index (χ0) is 19.8. The Morgan fingerprint density at radius 1 is 1.33 bits per heavy atom. The van der Waals surface area contributed by atoms with Crippen LogP contribution in [0.3, 0.4) is 0 Å². The number of ether oxygens (including phenoxy) is 1. The molecule has 2 heterocycles. The lowest BCUT2D eigenvalue weighted by Gasteiger charge is -2.07. The highest BCUT2D eigenvalue weighted by molar-refractivity contribution is 7.92. The van der Waals surface area contributed by atoms with Crippen LogP contribution >= 0.6 is 11.3 Å². The van der Waals surface area contributed by atoms with Gasteiger partial charge in [0.1, 0.15) is 17.3 Å². The summed E-state index contributed by atoms with van der Waals surface area (Å²) < 4.78 is 30.1. The van der Waals surface area contributed by atoms with Gasteiger partial charge in [0, 0.05) is 10.6 Å². The molecule has 3 rings (SSSR count). The third-order valence-electron chi connectivity index (χ3n) is 3.83. The Morgan fingerprint density at radius 2 is 2.07 bits per heavy atom. The molecule has 0 saturated carbocycles. The molecule has 0 aliphatic rings. The van der Waals surface area contributed by atoms with Gasteiger partial charge in [0.05, 0.1) is 17.2 Å². The van der Waals surface area contributed by atoms with E-state index in [4.69, 9.17) is 4.74 Å². The number of rotatable bonds is 5. The average molecular weight is 407 g/mol. The molecule has 8 nitrogen and oxygen atoms in total. The normalized spacial score (nSPS) is 11.5. The number of nitrogens with one attached hydrogen (secondary N) is 2. The summed E-state index contributed by atoms with van der Waals surface area (Å²) in [5.74, 6) is -0.416. The van der Waals surface area contributed by atoms with Crippen molar-refractivity contribution in [3.05, 3.63) is 56.4 Å². The largest absolute Gasteiger partial charge is 0.454 e. The van der Waals surface area contributed by atoms with Crippen LogP contribution in [0.4, 0.5) is 5.69 Å². The number of H-pyrrole nitrogens is 1. The minimum Gasteiger partial charge on any atom is -0.454 e. The summed E-state index contributed by atoms with van der Waals surface area (Å²) in [4.78, 5) is 33.0. The second-order valence-corrected chi connectivity index (χ2v) is 8.96. The van der Waals surface area contributed by atoms with Crippen LogP contribution in [-0.2, 0) is 21.4 Å². The summed E-state index contributed by atoms with van der Waals surface area (Å²) in [5, 5.41) is 0.548. The van der Waals surface area contributed by atoms with E-state index in [0.717, 1.165) is 16.7 Å². The van der Waals surface area contributed by atoms with Crippen LogP contribution in [0, 0.1) is 13.8 Å². The number of carbonyl (C=O) groups excluding carboxylic acids is 1. The number of esters is 1. The third-order valence-corrected chi connectivity index (χ3v) is 5.54. The van der Waals surface area contributed by atoms with E-state index in [9.17, 15) is 18.0 Å². The van der Waals surface area contributed by atoms with Crippen molar-refractivity contribution in [2.45, 2.75) is 20.5 Å². The molecule has 142 valence electrons. The number of nitrogens with zero attached hydrogens (tertiary/aromatic N) is 1. The monoisotopic (exact) mass is 407 g/mol. The van der Waals surface area contributed by atoms with Crippen LogP contribution < -0.4 is 10.3 Å². The number of benzene rings is 1. The number of aromatic nitrogens is 2. The van der Waals surface area contributed by atoms with Crippen molar-refractivity contribution in [1.82, 2.24) is 9.97 Å². The van der Waals surface area contributed by atoms with Gasteiger partial charge in [-0.1, -0.05) is 6.07 Å². The lowest BCUT2D eigenvalue weighted by atomic mass is 10.2. The molecule has 0 spiro atoms. The van der Waals surface area contributed by atoms with E-state index < -0.39 is 16.0 Å². The number of aryl methyl sites for hydroxylation is 2. The zero-order valence-corrected chi connectivity index (χ0v) is 16.5. The highest BCUT2D eigenvalue weighted by atomic mass is 32.2. The Kier molecular flexibility index (Phi) is 5.03. The van der Waals surface area contributed by atoms with E-state index in [2.05, 4.69) is 14.7 Å². The summed E-state index contributed by atoms with van der Waals surface area (Å²) in [6, 6.07) is 5.93. The van der Waals surface area contributed by atoms with E-state index in [-0.39, 0.29) is 29.2 Å². The molecule has 0 aliphatic heterocycles. The molecule has 0 unspecified atom stereocenters. The fraction of sp³-hybridized carbons (Fsp3) is 0.235. The topological polar surface area (TPSA) is 118 Å². The minimum absolute atomic E-state index is 0.176. The van der Waals surface area contributed by atoms with Crippen molar-refractivity contribution in [2.24, 2.45) is 0 Å². The Balaban J connectivity index is 1.77. The summed E-state index contributed by atoms with van der Waals surface area (Å²) in [7, 11) is -3.45. The molecule has 0 saturated heterocycles. The molecule has 2 N–H and O–H groups in total. The first-order valence-corrected chi connectivity index (χ1v) is 10.6. The number of anilines is 1. The number of carbonyl (C=O) groups is 1. The Labute approximate surface area is 159 Å². The van der Waals surface area contributed by atoms with Gasteiger partial charge in [0.2, 0.25) is 10.0 Å². The van der Waals surface area contributed by atoms with E-state index >= 15 is 0 Å². The molecule has 0 radical (unpaired) electrons. The number of thiophene rings is 1. The number of sulfonamides is 1. The Morgan fingerprint density at radius 3 is 2.78 bits per heavy atom. The van der Waals surface area contributed by atoms with Crippen LogP contribution in [0.5, 0.6) is 0 Å². The molecule has 27 heavy (non-hydrogen) atoms. The molecular weight excluding hydrogens is 390 g/mol. The Bertz CT molecular complexity index is 1190. The Hall–Kier alpha value is -2.72. The predicted octanol–water partition coefficient (Wildman–Crippen LogP) is 2.33. The van der Waals surface area contributed by atoms with Gasteiger partial charge < -0.3 is 9.72 Å². The second-order valence-electron chi connectivity index (χ2n) is 6.01. The maximum atomic E-state index is 12.2. The number of aromatic amines is 1. The zero-order valence-electron chi connectivity index (χ0n) is 14.8. The van der Waals surface area contributed by atoms with E-state index in [1.54, 1.807) is 0 Å². The van der Waals surface area contributed by atoms with Gasteiger partial charge in [-0.15, -0.1) is 11.3 Å². The predicted molar refractivity (Wildman–Crippen MR) is 104 cm³/mol. The fourth-order valence-electron chi connectivity index (χ4n) is 2.51. The summed E-state index contributed by atoms with van der Waals surface area (Å²) in [6.45, 7) is 3.57. The van der Waals surface area contributed by atoms with Gasteiger partial charge in [0.15, 0.2) is 0 Å². The summed E-state index contributed by atoms with van der Waals surface area (Å²) >= 11 is 1.41. The first kappa shape index (κ1) is 19.1. The molecule has 1 aromatic carbocycles. The molecule has 10 heteroatoms. The first-order valence-electron chi connectivity index (χ1n) is 7.88. The van der Waals surface area contributed by atoms with Crippen LogP contribution in [-0.4, -0.2) is 30.6 Å². The van der Waals surface area contributed by atoms with Crippen molar-refractivity contribution in [3.63, 3.8) is 0 Å². The lowest BCUT2D eigenvalue weighted by Crippen LogP contribution is -2.14. The van der Waals surface area contributed by atoms with Gasteiger partial charge >= 0.3 is 5.97 Å². The molecule has 0 aliphatic carbocycles. The highest BCUT2D eigenvalue weighted by Gasteiger charge is 2.14. The van der Waals surface area contributed by atoms with Crippen LogP contribution in [0.1, 0.15) is 26.6 Å². The van der Waals surface area contributed by atoms with Crippen molar-refractivity contribution in [3.8, 4) is 0 Å². The molecule has 0 atom stereocenters. The fourth-order valence-corrected chi connectivity index (χ4v) is 4.11. The van der Waals surface area contributed by atoms with Crippen molar-refractivity contribution < 1.29 is 17.9 Å². The smallest absolute Gasteiger partial charge is 0.338 e. The standard InChI is InChI=1S/C17H17N3O5S2/c1-9-10(2)26-16-14(9)15(21)18-13(19-16)8-25-17(22)11-5-4-6-12(7-11)20-27(3,23)24/h4-7,20H,8H2,1-3H3,(H,18,19,21). The van der Waals surface area contributed by atoms with Gasteiger partial charge in [0.25, 0.3) is 5.56 Å². The number of hydrogen-bond donors (Lipinski definition) is 2. The van der Waals surface area contributed by atoms with Crippen LogP contribution in [0.25, 0.3) is 10.2 Å². The molecule has 0 bridgehead atoms. The van der Waals surface area contributed by atoms with Gasteiger partial charge in [-0.3, -0.25) is 9.52 Å². The lowest BCUT2D eigenvalue weighted by molar-refractivity contribution is 0.0462. The number of fused-ring (bicyclic) bond motifs is 1. The SMILES string of the molecule is Cc1sc2nc(COC(=O)c3cccc(NS(C)(=O)=O)c3)[nH]c(=O)c2c1C. The van der Waals surface area contributed by atoms with Crippen molar-refractivity contribution in [2.75, 3.05) is 11.0 Å². The quantitative estimate of drug-likeness (QED) is 0.627. The van der Waals surface area contributed by atoms with Crippen LogP contribution in [0.15, 0.2) is 29.1 Å². The average Bonchev–Trinajstić information content (AvgIpc) is 2.86. The van der Waals surface area contributed by atoms with E-state index in [1.165, 1.54) is 35.6 Å². The summed E-state index contributed by atoms with van der Waals surface area (Å²) in [5.41, 5.74) is 1.05.